The fourth-order valence-electron chi connectivity index (χ4n) is 1.85. The number of imide groups is 1. The van der Waals surface area contributed by atoms with E-state index in [-0.39, 0.29) is 6.42 Å². The molecule has 0 bridgehead atoms. The van der Waals surface area contributed by atoms with E-state index in [1.54, 1.807) is 12.1 Å². The molecule has 0 spiro atoms. The predicted molar refractivity (Wildman–Crippen MR) is 66.2 cm³/mol. The number of nitrogens with zero attached hydrogens (tertiary/aromatic N) is 1. The zero-order valence-electron chi connectivity index (χ0n) is 10.5. The van der Waals surface area contributed by atoms with Gasteiger partial charge in [0.2, 0.25) is 5.91 Å². The van der Waals surface area contributed by atoms with Crippen molar-refractivity contribution < 1.29 is 24.2 Å². The van der Waals surface area contributed by atoms with Gasteiger partial charge in [-0.1, -0.05) is 0 Å². The van der Waals surface area contributed by atoms with Crippen molar-refractivity contribution in [3.63, 3.8) is 0 Å². The number of aliphatic hydroxyl groups excluding tert-OH is 1. The molecule has 0 aliphatic carbocycles. The molecular weight excluding hydrogens is 252 g/mol. The Morgan fingerprint density at radius 3 is 2.53 bits per heavy atom. The summed E-state index contributed by atoms with van der Waals surface area (Å²) in [4.78, 5) is 24.5. The molecule has 1 aliphatic heterocycles. The number of anilines is 1. The minimum absolute atomic E-state index is 0.167. The van der Waals surface area contributed by atoms with Gasteiger partial charge in [0.15, 0.2) is 11.5 Å². The maximum atomic E-state index is 11.8. The van der Waals surface area contributed by atoms with Gasteiger partial charge in [0.25, 0.3) is 0 Å². The summed E-state index contributed by atoms with van der Waals surface area (Å²) < 4.78 is 10.2. The molecule has 1 aromatic rings. The van der Waals surface area contributed by atoms with Crippen LogP contribution < -0.4 is 19.7 Å². The maximum Gasteiger partial charge on any atom is 0.330 e. The normalized spacial score (nSPS) is 19.1. The zero-order valence-corrected chi connectivity index (χ0v) is 10.5. The Bertz CT molecular complexity index is 499. The number of hydrogen-bond acceptors (Lipinski definition) is 5. The molecule has 102 valence electrons. The third-order valence-corrected chi connectivity index (χ3v) is 2.74. The fraction of sp³-hybridized carbons (Fsp3) is 0.333. The molecule has 1 atom stereocenters. The molecule has 3 amide bonds. The van der Waals surface area contributed by atoms with Crippen molar-refractivity contribution in [3.05, 3.63) is 18.2 Å². The number of benzene rings is 1. The van der Waals surface area contributed by atoms with Crippen LogP contribution in [0.5, 0.6) is 11.5 Å². The van der Waals surface area contributed by atoms with Gasteiger partial charge in [-0.05, 0) is 12.1 Å². The summed E-state index contributed by atoms with van der Waals surface area (Å²) >= 11 is 0. The van der Waals surface area contributed by atoms with E-state index in [0.717, 1.165) is 4.90 Å². The monoisotopic (exact) mass is 266 g/mol. The Morgan fingerprint density at radius 2 is 1.95 bits per heavy atom. The van der Waals surface area contributed by atoms with Crippen molar-refractivity contribution in [3.8, 4) is 11.5 Å². The van der Waals surface area contributed by atoms with Gasteiger partial charge in [0, 0.05) is 6.07 Å². The van der Waals surface area contributed by atoms with E-state index in [2.05, 4.69) is 5.32 Å². The lowest BCUT2D eigenvalue weighted by Gasteiger charge is -2.29. The summed E-state index contributed by atoms with van der Waals surface area (Å²) in [6.45, 7) is 0. The number of methoxy groups -OCH3 is 2. The van der Waals surface area contributed by atoms with Gasteiger partial charge in [-0.2, -0.15) is 0 Å². The second-order valence-corrected chi connectivity index (χ2v) is 3.94. The van der Waals surface area contributed by atoms with Gasteiger partial charge in [0.1, 0.15) is 6.23 Å². The lowest BCUT2D eigenvalue weighted by molar-refractivity contribution is -0.121. The van der Waals surface area contributed by atoms with E-state index in [9.17, 15) is 14.7 Å². The molecule has 1 aliphatic rings. The predicted octanol–water partition coefficient (Wildman–Crippen LogP) is 0.469. The highest BCUT2D eigenvalue weighted by atomic mass is 16.5. The van der Waals surface area contributed by atoms with Gasteiger partial charge in [-0.25, -0.2) is 9.69 Å². The summed E-state index contributed by atoms with van der Waals surface area (Å²) in [7, 11) is 2.95. The summed E-state index contributed by atoms with van der Waals surface area (Å²) in [5.74, 6) is 0.423. The van der Waals surface area contributed by atoms with Crippen LogP contribution in [0.1, 0.15) is 6.42 Å². The number of ether oxygens (including phenoxy) is 2. The highest BCUT2D eigenvalue weighted by Crippen LogP contribution is 2.32. The van der Waals surface area contributed by atoms with Crippen LogP contribution in [-0.2, 0) is 4.79 Å². The van der Waals surface area contributed by atoms with E-state index < -0.39 is 18.2 Å². The summed E-state index contributed by atoms with van der Waals surface area (Å²) in [5, 5.41) is 11.5. The van der Waals surface area contributed by atoms with Crippen molar-refractivity contribution in [2.24, 2.45) is 0 Å². The Balaban J connectivity index is 2.36. The smallest absolute Gasteiger partial charge is 0.330 e. The van der Waals surface area contributed by atoms with Crippen molar-refractivity contribution in [2.75, 3.05) is 19.1 Å². The van der Waals surface area contributed by atoms with Crippen LogP contribution in [0.3, 0.4) is 0 Å². The average molecular weight is 266 g/mol. The standard InChI is InChI=1S/C12H14N2O5/c1-18-8-4-3-7(5-9(8)19-2)14-11(16)6-10(15)13-12(14)17/h3-5,10,15H,6H2,1-2H3,(H,13,17). The Labute approximate surface area is 109 Å². The topological polar surface area (TPSA) is 88.1 Å². The molecule has 0 radical (unpaired) electrons. The molecular formula is C12H14N2O5. The Morgan fingerprint density at radius 1 is 1.26 bits per heavy atom. The second kappa shape index (κ2) is 5.15. The lowest BCUT2D eigenvalue weighted by atomic mass is 10.2. The molecule has 0 saturated carbocycles. The van der Waals surface area contributed by atoms with Crippen LogP contribution in [-0.4, -0.2) is 37.5 Å². The number of carbonyl (C=O) groups is 2. The molecule has 1 fully saturated rings. The first-order valence-electron chi connectivity index (χ1n) is 5.60. The first kappa shape index (κ1) is 13.2. The van der Waals surface area contributed by atoms with Gasteiger partial charge in [0.05, 0.1) is 26.3 Å². The van der Waals surface area contributed by atoms with Crippen LogP contribution in [0.15, 0.2) is 18.2 Å². The number of rotatable bonds is 3. The lowest BCUT2D eigenvalue weighted by Crippen LogP contribution is -2.54. The first-order chi connectivity index (χ1) is 9.06. The molecule has 1 saturated heterocycles. The summed E-state index contributed by atoms with van der Waals surface area (Å²) in [6.07, 6.45) is -1.31. The van der Waals surface area contributed by atoms with E-state index in [1.807, 2.05) is 0 Å². The van der Waals surface area contributed by atoms with Crippen LogP contribution in [0.2, 0.25) is 0 Å². The summed E-state index contributed by atoms with van der Waals surface area (Å²) in [5.41, 5.74) is 0.354. The van der Waals surface area contributed by atoms with Crippen LogP contribution in [0.25, 0.3) is 0 Å². The van der Waals surface area contributed by atoms with Gasteiger partial charge < -0.3 is 19.9 Å². The third kappa shape index (κ3) is 2.45. The summed E-state index contributed by atoms with van der Waals surface area (Å²) in [6, 6.07) is 4.01. The fourth-order valence-corrected chi connectivity index (χ4v) is 1.85. The van der Waals surface area contributed by atoms with Gasteiger partial charge in [-0.15, -0.1) is 0 Å². The number of carbonyl (C=O) groups excluding carboxylic acids is 2. The van der Waals surface area contributed by atoms with Crippen molar-refractivity contribution in [2.45, 2.75) is 12.6 Å². The maximum absolute atomic E-state index is 11.8. The van der Waals surface area contributed by atoms with Gasteiger partial charge >= 0.3 is 6.03 Å². The van der Waals surface area contributed by atoms with E-state index in [4.69, 9.17) is 9.47 Å². The number of hydrogen-bond donors (Lipinski definition) is 2. The van der Waals surface area contributed by atoms with E-state index in [1.165, 1.54) is 20.3 Å². The molecule has 7 heteroatoms. The van der Waals surface area contributed by atoms with Gasteiger partial charge in [-0.3, -0.25) is 4.79 Å². The zero-order chi connectivity index (χ0) is 14.0. The highest BCUT2D eigenvalue weighted by molar-refractivity contribution is 6.16. The van der Waals surface area contributed by atoms with Crippen molar-refractivity contribution in [1.29, 1.82) is 0 Å². The first-order valence-corrected chi connectivity index (χ1v) is 5.60. The van der Waals surface area contributed by atoms with Crippen LogP contribution in [0.4, 0.5) is 10.5 Å². The molecule has 1 heterocycles. The molecule has 1 aromatic carbocycles. The third-order valence-electron chi connectivity index (χ3n) is 2.74. The number of nitrogens with one attached hydrogen (secondary N) is 1. The molecule has 0 aromatic heterocycles. The minimum atomic E-state index is -1.14. The van der Waals surface area contributed by atoms with E-state index >= 15 is 0 Å². The molecule has 1 unspecified atom stereocenters. The number of urea groups is 1. The Kier molecular flexibility index (Phi) is 3.57. The quantitative estimate of drug-likeness (QED) is 0.830. The number of amides is 3. The molecule has 2 N–H and O–H groups in total. The molecule has 7 nitrogen and oxygen atoms in total. The molecule has 2 rings (SSSR count). The van der Waals surface area contributed by atoms with Crippen LogP contribution in [0, 0.1) is 0 Å². The molecule has 19 heavy (non-hydrogen) atoms. The largest absolute Gasteiger partial charge is 0.493 e. The van der Waals surface area contributed by atoms with E-state index in [0.29, 0.717) is 17.2 Å². The van der Waals surface area contributed by atoms with Crippen molar-refractivity contribution >= 4 is 17.6 Å². The minimum Gasteiger partial charge on any atom is -0.493 e. The van der Waals surface area contributed by atoms with Crippen LogP contribution >= 0.6 is 0 Å². The SMILES string of the molecule is COc1ccc(N2C(=O)CC(O)NC2=O)cc1OC. The van der Waals surface area contributed by atoms with Crippen molar-refractivity contribution in [1.82, 2.24) is 5.32 Å². The highest BCUT2D eigenvalue weighted by Gasteiger charge is 2.32. The average Bonchev–Trinajstić information content (AvgIpc) is 2.37. The number of aliphatic hydroxyl groups is 1. The second-order valence-electron chi connectivity index (χ2n) is 3.94. The Hall–Kier alpha value is -2.28.